The van der Waals surface area contributed by atoms with Gasteiger partial charge in [0.15, 0.2) is 0 Å². The zero-order valence-corrected chi connectivity index (χ0v) is 10.9. The maximum Gasteiger partial charge on any atom is 0.227 e. The smallest absolute Gasteiger partial charge is 0.227 e. The largest absolute Gasteiger partial charge is 0.507 e. The Bertz CT molecular complexity index is 451. The van der Waals surface area contributed by atoms with Crippen LogP contribution in [-0.4, -0.2) is 24.1 Å². The summed E-state index contributed by atoms with van der Waals surface area (Å²) >= 11 is 0. The molecule has 0 spiro atoms. The van der Waals surface area contributed by atoms with Crippen LogP contribution in [0.2, 0.25) is 0 Å². The monoisotopic (exact) mass is 248 g/mol. The van der Waals surface area contributed by atoms with Gasteiger partial charge in [-0.25, -0.2) is 0 Å². The fraction of sp³-hybridized carbons (Fsp3) is 0.500. The van der Waals surface area contributed by atoms with Gasteiger partial charge in [0, 0.05) is 17.2 Å². The van der Waals surface area contributed by atoms with Crippen LogP contribution in [0.25, 0.3) is 0 Å². The van der Waals surface area contributed by atoms with Crippen molar-refractivity contribution < 1.29 is 9.90 Å². The average molecular weight is 248 g/mol. The minimum Gasteiger partial charge on any atom is -0.507 e. The molecule has 1 aliphatic rings. The van der Waals surface area contributed by atoms with E-state index in [1.807, 2.05) is 26.0 Å². The second kappa shape index (κ2) is 5.40. The lowest BCUT2D eigenvalue weighted by Crippen LogP contribution is -2.34. The number of phenolic OH excluding ortho intramolecular Hbond substituents is 1. The summed E-state index contributed by atoms with van der Waals surface area (Å²) < 4.78 is 0. The number of aromatic hydroxyl groups is 1. The highest BCUT2D eigenvalue weighted by molar-refractivity contribution is 5.93. The summed E-state index contributed by atoms with van der Waals surface area (Å²) in [5.74, 6) is 0.398. The fourth-order valence-electron chi connectivity index (χ4n) is 2.29. The van der Waals surface area contributed by atoms with E-state index in [0.717, 1.165) is 37.1 Å². The second-order valence-electron chi connectivity index (χ2n) is 4.92. The molecule has 0 unspecified atom stereocenters. The van der Waals surface area contributed by atoms with E-state index < -0.39 is 0 Å². The first kappa shape index (κ1) is 12.9. The number of aryl methyl sites for hydroxylation is 1. The Labute approximate surface area is 107 Å². The van der Waals surface area contributed by atoms with Crippen molar-refractivity contribution in [2.24, 2.45) is 5.92 Å². The molecule has 4 nitrogen and oxygen atoms in total. The van der Waals surface area contributed by atoms with Gasteiger partial charge in [-0.15, -0.1) is 0 Å². The topological polar surface area (TPSA) is 61.4 Å². The second-order valence-corrected chi connectivity index (χ2v) is 4.92. The third kappa shape index (κ3) is 2.64. The molecule has 18 heavy (non-hydrogen) atoms. The Morgan fingerprint density at radius 1 is 1.33 bits per heavy atom. The lowest BCUT2D eigenvalue weighted by atomic mass is 9.97. The van der Waals surface area contributed by atoms with Crippen LogP contribution >= 0.6 is 0 Å². The molecule has 3 N–H and O–H groups in total. The van der Waals surface area contributed by atoms with Crippen molar-refractivity contribution in [1.82, 2.24) is 5.32 Å². The molecule has 1 aliphatic heterocycles. The number of benzene rings is 1. The zero-order chi connectivity index (χ0) is 13.1. The van der Waals surface area contributed by atoms with E-state index in [4.69, 9.17) is 0 Å². The highest BCUT2D eigenvalue weighted by Crippen LogP contribution is 2.28. The van der Waals surface area contributed by atoms with Crippen LogP contribution in [-0.2, 0) is 4.79 Å². The van der Waals surface area contributed by atoms with Crippen molar-refractivity contribution in [3.8, 4) is 5.75 Å². The quantitative estimate of drug-likeness (QED) is 0.749. The summed E-state index contributed by atoms with van der Waals surface area (Å²) in [7, 11) is 0. The highest BCUT2D eigenvalue weighted by atomic mass is 16.3. The average Bonchev–Trinajstić information content (AvgIpc) is 2.40. The van der Waals surface area contributed by atoms with Gasteiger partial charge in [-0.3, -0.25) is 4.79 Å². The fourth-order valence-corrected chi connectivity index (χ4v) is 2.29. The number of carbonyl (C=O) groups excluding carboxylic acids is 1. The molecular formula is C14H20N2O2. The number of rotatable bonds is 2. The van der Waals surface area contributed by atoms with Crippen molar-refractivity contribution in [2.45, 2.75) is 26.7 Å². The van der Waals surface area contributed by atoms with Crippen LogP contribution in [0.5, 0.6) is 5.75 Å². The molecule has 1 saturated heterocycles. The van der Waals surface area contributed by atoms with Crippen molar-refractivity contribution in [3.63, 3.8) is 0 Å². The first-order valence-corrected chi connectivity index (χ1v) is 6.40. The minimum absolute atomic E-state index is 0.0582. The molecule has 1 aromatic rings. The van der Waals surface area contributed by atoms with Gasteiger partial charge < -0.3 is 15.7 Å². The van der Waals surface area contributed by atoms with E-state index in [2.05, 4.69) is 10.6 Å². The predicted octanol–water partition coefficient (Wildman–Crippen LogP) is 1.95. The zero-order valence-electron chi connectivity index (χ0n) is 10.9. The number of piperidine rings is 1. The summed E-state index contributed by atoms with van der Waals surface area (Å²) in [5.41, 5.74) is 2.27. The van der Waals surface area contributed by atoms with E-state index in [1.165, 1.54) is 0 Å². The first-order chi connectivity index (χ1) is 8.59. The molecular weight excluding hydrogens is 228 g/mol. The molecule has 0 saturated carbocycles. The number of hydrogen-bond donors (Lipinski definition) is 3. The molecule has 0 aliphatic carbocycles. The van der Waals surface area contributed by atoms with Crippen LogP contribution in [0.1, 0.15) is 24.0 Å². The summed E-state index contributed by atoms with van der Waals surface area (Å²) in [4.78, 5) is 12.1. The van der Waals surface area contributed by atoms with Crippen molar-refractivity contribution in [3.05, 3.63) is 23.3 Å². The minimum atomic E-state index is 0.0582. The summed E-state index contributed by atoms with van der Waals surface area (Å²) in [5, 5.41) is 16.0. The van der Waals surface area contributed by atoms with Gasteiger partial charge in [0.1, 0.15) is 5.75 Å². The molecule has 1 fully saturated rings. The Morgan fingerprint density at radius 3 is 2.67 bits per heavy atom. The van der Waals surface area contributed by atoms with Crippen LogP contribution in [0.15, 0.2) is 12.1 Å². The Hall–Kier alpha value is -1.55. The lowest BCUT2D eigenvalue weighted by molar-refractivity contribution is -0.120. The third-order valence-corrected chi connectivity index (χ3v) is 3.60. The van der Waals surface area contributed by atoms with Gasteiger partial charge in [0.05, 0.1) is 0 Å². The van der Waals surface area contributed by atoms with E-state index in [9.17, 15) is 9.90 Å². The van der Waals surface area contributed by atoms with E-state index >= 15 is 0 Å². The maximum atomic E-state index is 12.1. The molecule has 0 atom stereocenters. The van der Waals surface area contributed by atoms with Crippen molar-refractivity contribution in [2.75, 3.05) is 18.4 Å². The number of anilines is 1. The van der Waals surface area contributed by atoms with Gasteiger partial charge >= 0.3 is 0 Å². The molecule has 2 rings (SSSR count). The summed E-state index contributed by atoms with van der Waals surface area (Å²) in [6.45, 7) is 5.47. The van der Waals surface area contributed by atoms with Crippen molar-refractivity contribution in [1.29, 1.82) is 0 Å². The van der Waals surface area contributed by atoms with Crippen LogP contribution in [0, 0.1) is 19.8 Å². The van der Waals surface area contributed by atoms with Gasteiger partial charge in [0.2, 0.25) is 5.91 Å². The Balaban J connectivity index is 2.09. The maximum absolute atomic E-state index is 12.1. The van der Waals surface area contributed by atoms with Gasteiger partial charge in [-0.05, 0) is 51.4 Å². The van der Waals surface area contributed by atoms with Crippen LogP contribution in [0.4, 0.5) is 5.69 Å². The highest BCUT2D eigenvalue weighted by Gasteiger charge is 2.21. The van der Waals surface area contributed by atoms with E-state index in [1.54, 1.807) is 0 Å². The first-order valence-electron chi connectivity index (χ1n) is 6.40. The van der Waals surface area contributed by atoms with E-state index in [-0.39, 0.29) is 17.6 Å². The SMILES string of the molecule is Cc1ccc(NC(=O)C2CCNCC2)c(C)c1O. The Kier molecular flexibility index (Phi) is 3.87. The molecule has 4 heteroatoms. The van der Waals surface area contributed by atoms with Gasteiger partial charge in [-0.2, -0.15) is 0 Å². The summed E-state index contributed by atoms with van der Waals surface area (Å²) in [6, 6.07) is 3.67. The predicted molar refractivity (Wildman–Crippen MR) is 71.8 cm³/mol. The number of phenols is 1. The van der Waals surface area contributed by atoms with Gasteiger partial charge in [0.25, 0.3) is 0 Å². The number of nitrogens with one attached hydrogen (secondary N) is 2. The standard InChI is InChI=1S/C14H20N2O2/c1-9-3-4-12(10(2)13(9)17)16-14(18)11-5-7-15-8-6-11/h3-4,11,15,17H,5-8H2,1-2H3,(H,16,18). The molecule has 1 heterocycles. The van der Waals surface area contributed by atoms with Crippen LogP contribution < -0.4 is 10.6 Å². The number of hydrogen-bond acceptors (Lipinski definition) is 3. The molecule has 98 valence electrons. The summed E-state index contributed by atoms with van der Waals surface area (Å²) in [6.07, 6.45) is 1.76. The Morgan fingerprint density at radius 2 is 2.00 bits per heavy atom. The molecule has 0 radical (unpaired) electrons. The normalized spacial score (nSPS) is 16.6. The molecule has 1 amide bonds. The molecule has 0 bridgehead atoms. The third-order valence-electron chi connectivity index (χ3n) is 3.60. The molecule has 0 aromatic heterocycles. The molecule has 1 aromatic carbocycles. The number of carbonyl (C=O) groups is 1. The van der Waals surface area contributed by atoms with Crippen molar-refractivity contribution >= 4 is 11.6 Å². The number of amides is 1. The van der Waals surface area contributed by atoms with E-state index in [0.29, 0.717) is 5.69 Å². The lowest BCUT2D eigenvalue weighted by Gasteiger charge is -2.22. The van der Waals surface area contributed by atoms with Gasteiger partial charge in [-0.1, -0.05) is 6.07 Å². The van der Waals surface area contributed by atoms with Crippen LogP contribution in [0.3, 0.4) is 0 Å².